The third kappa shape index (κ3) is 5.39. The summed E-state index contributed by atoms with van der Waals surface area (Å²) in [6, 6.07) is -0.591. The first-order valence-electron chi connectivity index (χ1n) is 8.92. The average molecular weight is 386 g/mol. The fraction of sp³-hybridized carbons (Fsp3) is 0.778. The van der Waals surface area contributed by atoms with E-state index in [1.165, 1.54) is 6.08 Å². The van der Waals surface area contributed by atoms with E-state index in [4.69, 9.17) is 18.6 Å². The van der Waals surface area contributed by atoms with Gasteiger partial charge in [-0.1, -0.05) is 6.08 Å². The van der Waals surface area contributed by atoms with E-state index in [0.717, 1.165) is 4.90 Å². The number of ether oxygens (including phenoxy) is 3. The molecule has 0 radical (unpaired) electrons. The van der Waals surface area contributed by atoms with Crippen LogP contribution >= 0.6 is 0 Å². The molecule has 0 spiro atoms. The Labute approximate surface area is 156 Å². The van der Waals surface area contributed by atoms with Gasteiger partial charge in [0.15, 0.2) is 14.1 Å². The number of nitrogens with zero attached hydrogens (tertiary/aromatic N) is 1. The summed E-state index contributed by atoms with van der Waals surface area (Å²) in [6.45, 7) is 15.5. The molecular formula is C18H31NO6Si. The third-order valence-electron chi connectivity index (χ3n) is 3.78. The summed E-state index contributed by atoms with van der Waals surface area (Å²) in [7, 11) is -1.99. The summed E-state index contributed by atoms with van der Waals surface area (Å²) in [5.74, 6) is -1.14. The minimum Gasteiger partial charge on any atom is -0.443 e. The molecule has 1 fully saturated rings. The Morgan fingerprint density at radius 3 is 2.42 bits per heavy atom. The molecule has 0 N–H and O–H groups in total. The zero-order chi connectivity index (χ0) is 19.9. The summed E-state index contributed by atoms with van der Waals surface area (Å²) in [6.07, 6.45) is 1.49. The van der Waals surface area contributed by atoms with Gasteiger partial charge in [0.05, 0.1) is 18.8 Å². The number of amides is 2. The first-order valence-corrected chi connectivity index (χ1v) is 12.3. The lowest BCUT2D eigenvalue weighted by molar-refractivity contribution is -0.153. The second-order valence-corrected chi connectivity index (χ2v) is 13.6. The van der Waals surface area contributed by atoms with Gasteiger partial charge in [-0.2, -0.15) is 0 Å². The van der Waals surface area contributed by atoms with E-state index in [0.29, 0.717) is 6.61 Å². The van der Waals surface area contributed by atoms with Gasteiger partial charge in [0.25, 0.3) is 5.91 Å². The SMILES string of the molecule is CC(C)(C)OC(=O)N1C(=O)C=C[C@H]1[C@@H](O[Si](C)(C)C)[C@@H]1COC(C)(C)O1. The predicted octanol–water partition coefficient (Wildman–Crippen LogP) is 3.06. The van der Waals surface area contributed by atoms with E-state index in [2.05, 4.69) is 19.6 Å². The topological polar surface area (TPSA) is 74.3 Å². The average Bonchev–Trinajstić information content (AvgIpc) is 2.96. The largest absolute Gasteiger partial charge is 0.443 e. The van der Waals surface area contributed by atoms with Crippen LogP contribution in [0.1, 0.15) is 34.6 Å². The van der Waals surface area contributed by atoms with Crippen LogP contribution in [0.3, 0.4) is 0 Å². The standard InChI is InChI=1S/C18H31NO6Si/c1-17(2,3)24-16(21)19-12(9-10-14(19)20)15(25-26(6,7)8)13-11-22-18(4,5)23-13/h9-10,12-13,15H,11H2,1-8H3/t12-,13-,15+/m0/s1. The second kappa shape index (κ2) is 7.07. The maximum Gasteiger partial charge on any atom is 0.417 e. The number of rotatable bonds is 4. The molecule has 0 aromatic carbocycles. The van der Waals surface area contributed by atoms with Crippen molar-refractivity contribution in [2.75, 3.05) is 6.61 Å². The Bertz CT molecular complexity index is 589. The van der Waals surface area contributed by atoms with Crippen LogP contribution < -0.4 is 0 Å². The first kappa shape index (κ1) is 21.1. The van der Waals surface area contributed by atoms with Crippen LogP contribution in [0.25, 0.3) is 0 Å². The fourth-order valence-corrected chi connectivity index (χ4v) is 4.03. The molecule has 0 bridgehead atoms. The zero-order valence-corrected chi connectivity index (χ0v) is 18.0. The summed E-state index contributed by atoms with van der Waals surface area (Å²) in [5, 5.41) is 0. The fourth-order valence-electron chi connectivity index (χ4n) is 2.92. The number of hydrogen-bond acceptors (Lipinski definition) is 6. The van der Waals surface area contributed by atoms with E-state index >= 15 is 0 Å². The Morgan fingerprint density at radius 2 is 1.96 bits per heavy atom. The first-order chi connectivity index (χ1) is 11.7. The Hall–Kier alpha value is -1.22. The highest BCUT2D eigenvalue weighted by Gasteiger charge is 2.48. The molecule has 7 nitrogen and oxygen atoms in total. The maximum atomic E-state index is 12.6. The smallest absolute Gasteiger partial charge is 0.417 e. The molecule has 0 aliphatic carbocycles. The third-order valence-corrected chi connectivity index (χ3v) is 4.76. The minimum atomic E-state index is -1.99. The van der Waals surface area contributed by atoms with Gasteiger partial charge < -0.3 is 18.6 Å². The number of imide groups is 1. The van der Waals surface area contributed by atoms with Gasteiger partial charge in [0.1, 0.15) is 11.7 Å². The van der Waals surface area contributed by atoms with Gasteiger partial charge in [-0.05, 0) is 54.3 Å². The molecule has 148 valence electrons. The van der Waals surface area contributed by atoms with Crippen LogP contribution in [0.4, 0.5) is 4.79 Å². The van der Waals surface area contributed by atoms with Crippen molar-refractivity contribution < 1.29 is 28.2 Å². The van der Waals surface area contributed by atoms with Crippen molar-refractivity contribution in [1.29, 1.82) is 0 Å². The van der Waals surface area contributed by atoms with Crippen molar-refractivity contribution in [2.45, 2.75) is 83.9 Å². The molecule has 2 rings (SSSR count). The van der Waals surface area contributed by atoms with Gasteiger partial charge in [0.2, 0.25) is 0 Å². The molecule has 0 aromatic heterocycles. The zero-order valence-electron chi connectivity index (χ0n) is 17.0. The molecule has 26 heavy (non-hydrogen) atoms. The quantitative estimate of drug-likeness (QED) is 0.693. The molecule has 1 saturated heterocycles. The van der Waals surface area contributed by atoms with Crippen molar-refractivity contribution in [1.82, 2.24) is 4.90 Å². The van der Waals surface area contributed by atoms with E-state index in [9.17, 15) is 9.59 Å². The molecule has 0 saturated carbocycles. The van der Waals surface area contributed by atoms with Gasteiger partial charge in [-0.3, -0.25) is 4.79 Å². The molecule has 3 atom stereocenters. The van der Waals surface area contributed by atoms with Gasteiger partial charge >= 0.3 is 6.09 Å². The maximum absolute atomic E-state index is 12.6. The molecular weight excluding hydrogens is 354 g/mol. The Morgan fingerprint density at radius 1 is 1.35 bits per heavy atom. The highest BCUT2D eigenvalue weighted by Crippen LogP contribution is 2.32. The van der Waals surface area contributed by atoms with Crippen molar-refractivity contribution in [3.8, 4) is 0 Å². The highest BCUT2D eigenvalue weighted by atomic mass is 28.4. The van der Waals surface area contributed by atoms with Crippen molar-refractivity contribution in [2.24, 2.45) is 0 Å². The predicted molar refractivity (Wildman–Crippen MR) is 99.1 cm³/mol. The number of carbonyl (C=O) groups excluding carboxylic acids is 2. The van der Waals surface area contributed by atoms with E-state index in [-0.39, 0.29) is 6.10 Å². The Kier molecular flexibility index (Phi) is 5.73. The van der Waals surface area contributed by atoms with Gasteiger partial charge in [0, 0.05) is 6.08 Å². The second-order valence-electron chi connectivity index (χ2n) is 9.10. The molecule has 2 amide bonds. The summed E-state index contributed by atoms with van der Waals surface area (Å²) in [5.41, 5.74) is -0.700. The van der Waals surface area contributed by atoms with Crippen LogP contribution in [0.2, 0.25) is 19.6 Å². The highest BCUT2D eigenvalue weighted by molar-refractivity contribution is 6.69. The molecule has 2 aliphatic heterocycles. The van der Waals surface area contributed by atoms with Gasteiger partial charge in [-0.25, -0.2) is 9.69 Å². The van der Waals surface area contributed by atoms with Crippen LogP contribution in [0.5, 0.6) is 0 Å². The van der Waals surface area contributed by atoms with E-state index in [1.807, 2.05) is 13.8 Å². The molecule has 0 unspecified atom stereocenters. The number of carbonyl (C=O) groups is 2. The molecule has 8 heteroatoms. The van der Waals surface area contributed by atoms with Crippen LogP contribution in [-0.4, -0.2) is 61.5 Å². The summed E-state index contributed by atoms with van der Waals surface area (Å²) >= 11 is 0. The van der Waals surface area contributed by atoms with E-state index in [1.54, 1.807) is 26.8 Å². The van der Waals surface area contributed by atoms with Crippen LogP contribution in [-0.2, 0) is 23.4 Å². The summed E-state index contributed by atoms with van der Waals surface area (Å²) in [4.78, 5) is 26.1. The van der Waals surface area contributed by atoms with Crippen molar-refractivity contribution >= 4 is 20.3 Å². The monoisotopic (exact) mass is 385 g/mol. The lowest BCUT2D eigenvalue weighted by atomic mass is 10.1. The number of hydrogen-bond donors (Lipinski definition) is 0. The molecule has 2 heterocycles. The minimum absolute atomic E-state index is 0.336. The van der Waals surface area contributed by atoms with Gasteiger partial charge in [-0.15, -0.1) is 0 Å². The van der Waals surface area contributed by atoms with Crippen LogP contribution in [0, 0.1) is 0 Å². The van der Waals surface area contributed by atoms with E-state index < -0.39 is 43.9 Å². The lowest BCUT2D eigenvalue weighted by Gasteiger charge is -2.37. The molecule has 0 aromatic rings. The Balaban J connectivity index is 2.28. The van der Waals surface area contributed by atoms with Crippen molar-refractivity contribution in [3.05, 3.63) is 12.2 Å². The summed E-state index contributed by atoms with van der Waals surface area (Å²) < 4.78 is 23.4. The normalized spacial score (nSPS) is 27.1. The van der Waals surface area contributed by atoms with Crippen molar-refractivity contribution in [3.63, 3.8) is 0 Å². The van der Waals surface area contributed by atoms with Crippen LogP contribution in [0.15, 0.2) is 12.2 Å². The molecule has 2 aliphatic rings. The lowest BCUT2D eigenvalue weighted by Crippen LogP contribution is -2.55.